The second-order valence-electron chi connectivity index (χ2n) is 7.25. The molecule has 30 heavy (non-hydrogen) atoms. The predicted octanol–water partition coefficient (Wildman–Crippen LogP) is 4.72. The van der Waals surface area contributed by atoms with Crippen molar-refractivity contribution in [2.75, 3.05) is 10.9 Å². The van der Waals surface area contributed by atoms with Crippen LogP contribution in [0.1, 0.15) is 22.3 Å². The van der Waals surface area contributed by atoms with E-state index in [0.717, 1.165) is 26.6 Å². The molecule has 0 aliphatic carbocycles. The van der Waals surface area contributed by atoms with E-state index in [0.29, 0.717) is 11.4 Å². The van der Waals surface area contributed by atoms with E-state index in [-0.39, 0.29) is 4.90 Å². The van der Waals surface area contributed by atoms with Crippen LogP contribution in [0, 0.1) is 27.7 Å². The number of amides is 1. The lowest BCUT2D eigenvalue weighted by molar-refractivity contribution is -0.119. The van der Waals surface area contributed by atoms with E-state index in [4.69, 9.17) is 4.74 Å². The third-order valence-corrected chi connectivity index (χ3v) is 6.75. The van der Waals surface area contributed by atoms with Crippen molar-refractivity contribution in [3.63, 3.8) is 0 Å². The van der Waals surface area contributed by atoms with Crippen LogP contribution >= 0.6 is 0 Å². The van der Waals surface area contributed by atoms with Crippen molar-refractivity contribution in [1.82, 2.24) is 0 Å². The molecule has 0 unspecified atom stereocenters. The zero-order valence-corrected chi connectivity index (χ0v) is 18.4. The molecule has 0 saturated carbocycles. The molecule has 3 aromatic carbocycles. The molecule has 0 bridgehead atoms. The molecule has 0 heterocycles. The highest BCUT2D eigenvalue weighted by molar-refractivity contribution is 7.93. The fourth-order valence-corrected chi connectivity index (χ4v) is 4.60. The lowest BCUT2D eigenvalue weighted by Crippen LogP contribution is -2.40. The first-order valence-corrected chi connectivity index (χ1v) is 11.1. The second-order valence-corrected chi connectivity index (χ2v) is 9.04. The van der Waals surface area contributed by atoms with Gasteiger partial charge in [-0.15, -0.1) is 0 Å². The van der Waals surface area contributed by atoms with Gasteiger partial charge in [0.2, 0.25) is 0 Å². The van der Waals surface area contributed by atoms with E-state index in [1.54, 1.807) is 37.3 Å². The predicted molar refractivity (Wildman–Crippen MR) is 118 cm³/mol. The molecule has 0 aliphatic heterocycles. The number of sulfonamides is 1. The first kappa shape index (κ1) is 21.6. The van der Waals surface area contributed by atoms with Gasteiger partial charge < -0.3 is 4.74 Å². The Morgan fingerprint density at radius 1 is 0.867 bits per heavy atom. The summed E-state index contributed by atoms with van der Waals surface area (Å²) in [5.41, 5.74) is 3.80. The van der Waals surface area contributed by atoms with Gasteiger partial charge in [-0.1, -0.05) is 42.5 Å². The highest BCUT2D eigenvalue weighted by Crippen LogP contribution is 2.29. The minimum atomic E-state index is -4.11. The largest absolute Gasteiger partial charge is 0.483 e. The van der Waals surface area contributed by atoms with Crippen LogP contribution in [0.2, 0.25) is 0 Å². The van der Waals surface area contributed by atoms with E-state index >= 15 is 0 Å². The fraction of sp³-hybridized carbons (Fsp3) is 0.208. The van der Waals surface area contributed by atoms with Crippen LogP contribution in [-0.4, -0.2) is 20.9 Å². The SMILES string of the molecule is Cc1ccc(C)c(OCC(=O)N(c2cccc(C)c2C)S(=O)(=O)c2ccccc2)c1. The smallest absolute Gasteiger partial charge is 0.278 e. The van der Waals surface area contributed by atoms with Crippen LogP contribution in [0.5, 0.6) is 5.75 Å². The molecular formula is C24H25NO4S. The molecule has 0 aromatic heterocycles. The number of rotatable bonds is 6. The Morgan fingerprint density at radius 2 is 1.57 bits per heavy atom. The molecule has 6 heteroatoms. The summed E-state index contributed by atoms with van der Waals surface area (Å²) < 4.78 is 33.4. The highest BCUT2D eigenvalue weighted by Gasteiger charge is 2.32. The van der Waals surface area contributed by atoms with Gasteiger partial charge >= 0.3 is 0 Å². The number of carbonyl (C=O) groups excluding carboxylic acids is 1. The van der Waals surface area contributed by atoms with Gasteiger partial charge in [0.1, 0.15) is 5.75 Å². The van der Waals surface area contributed by atoms with Crippen LogP contribution in [0.15, 0.2) is 71.6 Å². The summed E-state index contributed by atoms with van der Waals surface area (Å²) in [7, 11) is -4.11. The second kappa shape index (κ2) is 8.71. The maximum atomic E-state index is 13.4. The molecule has 156 valence electrons. The van der Waals surface area contributed by atoms with Crippen molar-refractivity contribution >= 4 is 21.6 Å². The normalized spacial score (nSPS) is 11.2. The highest BCUT2D eigenvalue weighted by atomic mass is 32.2. The Morgan fingerprint density at radius 3 is 2.27 bits per heavy atom. The quantitative estimate of drug-likeness (QED) is 0.575. The number of nitrogens with zero attached hydrogens (tertiary/aromatic N) is 1. The summed E-state index contributed by atoms with van der Waals surface area (Å²) >= 11 is 0. The molecule has 0 saturated heterocycles. The summed E-state index contributed by atoms with van der Waals surface area (Å²) in [5, 5.41) is 0. The number of benzene rings is 3. The Bertz CT molecular complexity index is 1170. The Hall–Kier alpha value is -3.12. The van der Waals surface area contributed by atoms with Gasteiger partial charge in [-0.2, -0.15) is 4.31 Å². The summed E-state index contributed by atoms with van der Waals surface area (Å²) in [5.74, 6) is -0.102. The third kappa shape index (κ3) is 4.39. The third-order valence-electron chi connectivity index (χ3n) is 5.00. The molecule has 5 nitrogen and oxygen atoms in total. The van der Waals surface area contributed by atoms with Crippen LogP contribution < -0.4 is 9.04 Å². The number of ether oxygens (including phenoxy) is 1. The topological polar surface area (TPSA) is 63.7 Å². The van der Waals surface area contributed by atoms with Gasteiger partial charge in [0.25, 0.3) is 15.9 Å². The molecule has 0 fully saturated rings. The zero-order valence-electron chi connectivity index (χ0n) is 17.5. The van der Waals surface area contributed by atoms with Crippen molar-refractivity contribution in [2.24, 2.45) is 0 Å². The summed E-state index contributed by atoms with van der Waals surface area (Å²) in [6.07, 6.45) is 0. The van der Waals surface area contributed by atoms with Gasteiger partial charge in [-0.05, 0) is 74.2 Å². The number of hydrogen-bond acceptors (Lipinski definition) is 4. The molecule has 0 N–H and O–H groups in total. The number of anilines is 1. The maximum absolute atomic E-state index is 13.4. The summed E-state index contributed by atoms with van der Waals surface area (Å²) in [6, 6.07) is 18.9. The van der Waals surface area contributed by atoms with Crippen molar-refractivity contribution in [1.29, 1.82) is 0 Å². The van der Waals surface area contributed by atoms with Gasteiger partial charge in [0, 0.05) is 0 Å². The van der Waals surface area contributed by atoms with Crippen molar-refractivity contribution in [3.05, 3.63) is 89.0 Å². The molecule has 0 aliphatic rings. The van der Waals surface area contributed by atoms with E-state index in [1.807, 2.05) is 45.0 Å². The van der Waals surface area contributed by atoms with Crippen LogP contribution in [0.3, 0.4) is 0 Å². The van der Waals surface area contributed by atoms with E-state index in [9.17, 15) is 13.2 Å². The minimum absolute atomic E-state index is 0.0472. The van der Waals surface area contributed by atoms with Crippen LogP contribution in [-0.2, 0) is 14.8 Å². The molecule has 3 aromatic rings. The Kier molecular flexibility index (Phi) is 6.27. The number of aryl methyl sites for hydroxylation is 3. The van der Waals surface area contributed by atoms with E-state index in [2.05, 4.69) is 0 Å². The van der Waals surface area contributed by atoms with Gasteiger partial charge in [0.15, 0.2) is 6.61 Å². The van der Waals surface area contributed by atoms with Crippen molar-refractivity contribution in [3.8, 4) is 5.75 Å². The molecule has 0 atom stereocenters. The molecule has 0 radical (unpaired) electrons. The monoisotopic (exact) mass is 423 g/mol. The zero-order chi connectivity index (χ0) is 21.9. The lowest BCUT2D eigenvalue weighted by Gasteiger charge is -2.25. The first-order chi connectivity index (χ1) is 14.2. The Balaban J connectivity index is 2.02. The minimum Gasteiger partial charge on any atom is -0.483 e. The Labute approximate surface area is 178 Å². The van der Waals surface area contributed by atoms with Gasteiger partial charge in [0.05, 0.1) is 10.6 Å². The number of hydrogen-bond donors (Lipinski definition) is 0. The van der Waals surface area contributed by atoms with Gasteiger partial charge in [-0.25, -0.2) is 8.42 Å². The average molecular weight is 424 g/mol. The van der Waals surface area contributed by atoms with E-state index < -0.39 is 22.5 Å². The average Bonchev–Trinajstić information content (AvgIpc) is 2.72. The standard InChI is InChI=1S/C24H25NO4S/c1-17-13-14-19(3)23(15-17)29-16-24(26)25(22-12-8-9-18(2)20(22)4)30(27,28)21-10-6-5-7-11-21/h5-15H,16H2,1-4H3. The van der Waals surface area contributed by atoms with Crippen LogP contribution in [0.4, 0.5) is 5.69 Å². The summed E-state index contributed by atoms with van der Waals surface area (Å²) in [4.78, 5) is 13.3. The van der Waals surface area contributed by atoms with Crippen molar-refractivity contribution < 1.29 is 17.9 Å². The van der Waals surface area contributed by atoms with Crippen LogP contribution in [0.25, 0.3) is 0 Å². The molecule has 3 rings (SSSR count). The van der Waals surface area contributed by atoms with E-state index in [1.165, 1.54) is 12.1 Å². The maximum Gasteiger partial charge on any atom is 0.278 e. The molecule has 0 spiro atoms. The molecular weight excluding hydrogens is 398 g/mol. The molecule has 1 amide bonds. The fourth-order valence-electron chi connectivity index (χ4n) is 3.11. The first-order valence-electron chi connectivity index (χ1n) is 9.61. The summed E-state index contributed by atoms with van der Waals surface area (Å²) in [6.45, 7) is 7.09. The van der Waals surface area contributed by atoms with Crippen molar-refractivity contribution in [2.45, 2.75) is 32.6 Å². The number of carbonyl (C=O) groups is 1. The van der Waals surface area contributed by atoms with Gasteiger partial charge in [-0.3, -0.25) is 4.79 Å². The lowest BCUT2D eigenvalue weighted by atomic mass is 10.1.